The van der Waals surface area contributed by atoms with Crippen LogP contribution in [0.25, 0.3) is 0 Å². The number of sulfonamides is 1. The van der Waals surface area contributed by atoms with Crippen molar-refractivity contribution in [3.8, 4) is 11.5 Å². The van der Waals surface area contributed by atoms with E-state index in [9.17, 15) is 13.2 Å². The zero-order valence-corrected chi connectivity index (χ0v) is 24.5. The van der Waals surface area contributed by atoms with Crippen LogP contribution >= 0.6 is 0 Å². The van der Waals surface area contributed by atoms with Gasteiger partial charge in [-0.05, 0) is 62.1 Å². The van der Waals surface area contributed by atoms with Crippen molar-refractivity contribution in [2.45, 2.75) is 45.7 Å². The number of hydrogen-bond acceptors (Lipinski definition) is 6. The fourth-order valence-electron chi connectivity index (χ4n) is 5.53. The fraction of sp³-hybridized carbons (Fsp3) is 0.387. The van der Waals surface area contributed by atoms with Gasteiger partial charge in [-0.1, -0.05) is 53.6 Å². The number of ether oxygens (including phenoxy) is 2. The van der Waals surface area contributed by atoms with E-state index in [0.29, 0.717) is 37.3 Å². The Hall–Kier alpha value is -3.40. The van der Waals surface area contributed by atoms with Crippen LogP contribution in [-0.4, -0.2) is 67.9 Å². The molecule has 0 N–H and O–H groups in total. The molecular weight excluding hydrogens is 526 g/mol. The molecule has 0 aliphatic carbocycles. The molecule has 0 radical (unpaired) electrons. The Labute approximate surface area is 237 Å². The monoisotopic (exact) mass is 563 g/mol. The van der Waals surface area contributed by atoms with E-state index in [4.69, 9.17) is 9.47 Å². The number of carbonyl (C=O) groups excluding carboxylic acids is 1. The van der Waals surface area contributed by atoms with Crippen molar-refractivity contribution in [2.75, 3.05) is 39.5 Å². The van der Waals surface area contributed by atoms with E-state index in [1.165, 1.54) is 4.31 Å². The number of benzene rings is 3. The number of hydrogen-bond donors (Lipinski definition) is 0. The number of rotatable bonds is 8. The Balaban J connectivity index is 1.29. The number of piperazine rings is 1. The molecule has 3 aromatic carbocycles. The first-order valence-corrected chi connectivity index (χ1v) is 15.1. The molecule has 0 aromatic heterocycles. The first-order valence-electron chi connectivity index (χ1n) is 13.6. The van der Waals surface area contributed by atoms with Crippen molar-refractivity contribution in [3.63, 3.8) is 0 Å². The van der Waals surface area contributed by atoms with Crippen molar-refractivity contribution in [3.05, 3.63) is 88.0 Å². The third kappa shape index (κ3) is 6.16. The van der Waals surface area contributed by atoms with E-state index in [0.717, 1.165) is 40.3 Å². The lowest BCUT2D eigenvalue weighted by molar-refractivity contribution is -0.133. The molecular formula is C31H37N3O5S. The van der Waals surface area contributed by atoms with E-state index in [1.54, 1.807) is 4.90 Å². The fourth-order valence-corrected chi connectivity index (χ4v) is 7.32. The van der Waals surface area contributed by atoms with Gasteiger partial charge < -0.3 is 14.4 Å². The Morgan fingerprint density at radius 1 is 0.800 bits per heavy atom. The van der Waals surface area contributed by atoms with Crippen molar-refractivity contribution in [2.24, 2.45) is 0 Å². The van der Waals surface area contributed by atoms with E-state index in [1.807, 2.05) is 82.3 Å². The lowest BCUT2D eigenvalue weighted by Crippen LogP contribution is -2.51. The van der Waals surface area contributed by atoms with Gasteiger partial charge in [-0.2, -0.15) is 4.31 Å². The lowest BCUT2D eigenvalue weighted by atomic mass is 10.1. The smallest absolute Gasteiger partial charge is 0.244 e. The highest BCUT2D eigenvalue weighted by molar-refractivity contribution is 7.89. The van der Waals surface area contributed by atoms with Gasteiger partial charge >= 0.3 is 0 Å². The first-order chi connectivity index (χ1) is 19.1. The summed E-state index contributed by atoms with van der Waals surface area (Å²) >= 11 is 0. The molecule has 2 aliphatic rings. The molecule has 212 valence electrons. The maximum absolute atomic E-state index is 14.0. The second-order valence-corrected chi connectivity index (χ2v) is 12.7. The number of aryl methyl sites for hydroxylation is 4. The molecule has 0 bridgehead atoms. The summed E-state index contributed by atoms with van der Waals surface area (Å²) in [5.74, 6) is 1.35. The molecule has 0 atom stereocenters. The Bertz CT molecular complexity index is 1470. The first kappa shape index (κ1) is 28.1. The van der Waals surface area contributed by atoms with Gasteiger partial charge in [-0.3, -0.25) is 9.69 Å². The molecule has 2 heterocycles. The summed E-state index contributed by atoms with van der Waals surface area (Å²) in [5.41, 5.74) is 5.46. The van der Waals surface area contributed by atoms with Gasteiger partial charge in [0.1, 0.15) is 0 Å². The van der Waals surface area contributed by atoms with Crippen LogP contribution in [0.15, 0.2) is 59.5 Å². The molecule has 8 nitrogen and oxygen atoms in total. The highest BCUT2D eigenvalue weighted by Crippen LogP contribution is 2.33. The number of nitrogens with zero attached hydrogens (tertiary/aromatic N) is 3. The summed E-state index contributed by atoms with van der Waals surface area (Å²) in [6.07, 6.45) is 0. The minimum Gasteiger partial charge on any atom is -0.454 e. The highest BCUT2D eigenvalue weighted by Gasteiger charge is 2.32. The second kappa shape index (κ2) is 11.6. The van der Waals surface area contributed by atoms with E-state index < -0.39 is 10.0 Å². The Morgan fingerprint density at radius 2 is 1.43 bits per heavy atom. The summed E-state index contributed by atoms with van der Waals surface area (Å²) in [6, 6.07) is 17.5. The van der Waals surface area contributed by atoms with Crippen LogP contribution in [0.3, 0.4) is 0 Å². The van der Waals surface area contributed by atoms with Crippen LogP contribution in [0.4, 0.5) is 0 Å². The average molecular weight is 564 g/mol. The van der Waals surface area contributed by atoms with E-state index >= 15 is 0 Å². The molecule has 0 unspecified atom stereocenters. The van der Waals surface area contributed by atoms with Gasteiger partial charge in [0.05, 0.1) is 11.4 Å². The summed E-state index contributed by atoms with van der Waals surface area (Å²) in [4.78, 5) is 17.9. The minimum absolute atomic E-state index is 0.130. The molecule has 1 fully saturated rings. The summed E-state index contributed by atoms with van der Waals surface area (Å²) in [5, 5.41) is 0. The number of fused-ring (bicyclic) bond motifs is 1. The maximum atomic E-state index is 14.0. The van der Waals surface area contributed by atoms with Gasteiger partial charge in [-0.15, -0.1) is 0 Å². The van der Waals surface area contributed by atoms with Crippen LogP contribution in [0.5, 0.6) is 11.5 Å². The quantitative estimate of drug-likeness (QED) is 0.409. The van der Waals surface area contributed by atoms with Gasteiger partial charge in [0, 0.05) is 39.3 Å². The van der Waals surface area contributed by atoms with Crippen molar-refractivity contribution < 1.29 is 22.7 Å². The molecule has 1 saturated heterocycles. The van der Waals surface area contributed by atoms with E-state index in [-0.39, 0.29) is 30.7 Å². The van der Waals surface area contributed by atoms with Gasteiger partial charge in [0.25, 0.3) is 0 Å². The average Bonchev–Trinajstić information content (AvgIpc) is 3.37. The van der Waals surface area contributed by atoms with Crippen LogP contribution in [0.2, 0.25) is 0 Å². The molecule has 5 rings (SSSR count). The molecule has 3 aromatic rings. The largest absolute Gasteiger partial charge is 0.454 e. The zero-order valence-electron chi connectivity index (χ0n) is 23.6. The summed E-state index contributed by atoms with van der Waals surface area (Å²) in [7, 11) is -3.92. The molecule has 40 heavy (non-hydrogen) atoms. The predicted molar refractivity (Wildman–Crippen MR) is 154 cm³/mol. The van der Waals surface area contributed by atoms with Crippen molar-refractivity contribution in [1.82, 2.24) is 14.1 Å². The third-order valence-corrected chi connectivity index (χ3v) is 9.66. The van der Waals surface area contributed by atoms with Crippen LogP contribution in [-0.2, 0) is 27.9 Å². The zero-order chi connectivity index (χ0) is 28.4. The molecule has 1 amide bonds. The highest BCUT2D eigenvalue weighted by atomic mass is 32.2. The standard InChI is InChI=1S/C31H37N3O5S/c1-22-5-7-26(8-6-22)19-34(40(36,37)31-24(3)15-23(2)16-25(31)4)20-30(35)33-13-11-32(12-14-33)18-27-9-10-28-29(17-27)39-21-38-28/h5-10,15-17H,11-14,18-21H2,1-4H3. The van der Waals surface area contributed by atoms with Crippen molar-refractivity contribution >= 4 is 15.9 Å². The Kier molecular flexibility index (Phi) is 8.16. The third-order valence-electron chi connectivity index (χ3n) is 7.56. The van der Waals surface area contributed by atoms with Crippen molar-refractivity contribution in [1.29, 1.82) is 0 Å². The predicted octanol–water partition coefficient (Wildman–Crippen LogP) is 4.18. The van der Waals surface area contributed by atoms with E-state index in [2.05, 4.69) is 4.90 Å². The second-order valence-electron chi connectivity index (χ2n) is 10.8. The molecule has 0 spiro atoms. The molecule has 0 saturated carbocycles. The van der Waals surface area contributed by atoms with Gasteiger partial charge in [0.15, 0.2) is 11.5 Å². The van der Waals surface area contributed by atoms with Crippen LogP contribution < -0.4 is 9.47 Å². The minimum atomic E-state index is -3.92. The SMILES string of the molecule is Cc1ccc(CN(CC(=O)N2CCN(Cc3ccc4c(c3)OCO4)CC2)S(=O)(=O)c2c(C)cc(C)cc2C)cc1. The molecule has 9 heteroatoms. The normalized spacial score (nSPS) is 15.6. The number of amides is 1. The maximum Gasteiger partial charge on any atom is 0.244 e. The molecule has 2 aliphatic heterocycles. The lowest BCUT2D eigenvalue weighted by Gasteiger charge is -2.36. The van der Waals surface area contributed by atoms with Crippen LogP contribution in [0, 0.1) is 27.7 Å². The van der Waals surface area contributed by atoms with Gasteiger partial charge in [0.2, 0.25) is 22.7 Å². The summed E-state index contributed by atoms with van der Waals surface area (Å²) in [6.45, 7) is 11.0. The topological polar surface area (TPSA) is 79.4 Å². The van der Waals surface area contributed by atoms with Gasteiger partial charge in [-0.25, -0.2) is 8.42 Å². The Morgan fingerprint density at radius 3 is 2.10 bits per heavy atom. The summed E-state index contributed by atoms with van der Waals surface area (Å²) < 4.78 is 40.3. The van der Waals surface area contributed by atoms with Crippen LogP contribution in [0.1, 0.15) is 33.4 Å². The number of carbonyl (C=O) groups is 1.